The molecule has 78 valence electrons. The largest absolute Gasteiger partial charge is 0.161 e. The van der Waals surface area contributed by atoms with Crippen LogP contribution in [0.1, 0.15) is 53.4 Å². The van der Waals surface area contributed by atoms with Crippen LogP contribution < -0.4 is 0 Å². The van der Waals surface area contributed by atoms with Gasteiger partial charge >= 0.3 is 0 Å². The lowest BCUT2D eigenvalue weighted by Gasteiger charge is -2.44. The summed E-state index contributed by atoms with van der Waals surface area (Å²) in [6.45, 7) is 9.63. The van der Waals surface area contributed by atoms with Gasteiger partial charge in [-0.2, -0.15) is 11.8 Å². The molecule has 1 aliphatic heterocycles. The summed E-state index contributed by atoms with van der Waals surface area (Å²) in [6.07, 6.45) is 5.67. The number of hydrogen-bond acceptors (Lipinski definition) is 1. The van der Waals surface area contributed by atoms with E-state index in [1.54, 1.807) is 0 Å². The standard InChI is InChI=1S/C12H24S/c1-5-12(11(2,3)4)8-6-7-9-13-10-12/h5-10H2,1-4H3. The Morgan fingerprint density at radius 1 is 1.23 bits per heavy atom. The first kappa shape index (κ1) is 11.4. The zero-order valence-electron chi connectivity index (χ0n) is 9.65. The fraction of sp³-hybridized carbons (Fsp3) is 1.00. The van der Waals surface area contributed by atoms with Gasteiger partial charge in [0.15, 0.2) is 0 Å². The van der Waals surface area contributed by atoms with Gasteiger partial charge in [0.2, 0.25) is 0 Å². The minimum atomic E-state index is 0.485. The smallest absolute Gasteiger partial charge is 0.000590 e. The number of thioether (sulfide) groups is 1. The molecule has 1 unspecified atom stereocenters. The molecule has 1 heteroatoms. The molecule has 0 aromatic rings. The van der Waals surface area contributed by atoms with E-state index >= 15 is 0 Å². The SMILES string of the molecule is CCC1(C(C)(C)C)CCCCSC1. The van der Waals surface area contributed by atoms with Crippen LogP contribution >= 0.6 is 11.8 Å². The first-order valence-electron chi connectivity index (χ1n) is 5.60. The van der Waals surface area contributed by atoms with Crippen LogP contribution in [-0.2, 0) is 0 Å². The van der Waals surface area contributed by atoms with Gasteiger partial charge in [-0.1, -0.05) is 34.1 Å². The molecule has 0 aromatic carbocycles. The summed E-state index contributed by atoms with van der Waals surface area (Å²) >= 11 is 2.17. The highest BCUT2D eigenvalue weighted by Crippen LogP contribution is 2.49. The van der Waals surface area contributed by atoms with E-state index in [9.17, 15) is 0 Å². The van der Waals surface area contributed by atoms with Gasteiger partial charge in [0.1, 0.15) is 0 Å². The fourth-order valence-electron chi connectivity index (χ4n) is 2.41. The molecule has 0 amide bonds. The summed E-state index contributed by atoms with van der Waals surface area (Å²) in [5, 5.41) is 0. The minimum Gasteiger partial charge on any atom is -0.161 e. The van der Waals surface area contributed by atoms with Crippen LogP contribution in [0.2, 0.25) is 0 Å². The van der Waals surface area contributed by atoms with Gasteiger partial charge in [0.05, 0.1) is 0 Å². The van der Waals surface area contributed by atoms with Crippen LogP contribution in [0.25, 0.3) is 0 Å². The van der Waals surface area contributed by atoms with E-state index in [1.807, 2.05) is 0 Å². The number of rotatable bonds is 1. The minimum absolute atomic E-state index is 0.485. The van der Waals surface area contributed by atoms with Crippen LogP contribution in [0, 0.1) is 10.8 Å². The van der Waals surface area contributed by atoms with Crippen molar-refractivity contribution in [2.75, 3.05) is 11.5 Å². The third-order valence-corrected chi connectivity index (χ3v) is 5.17. The van der Waals surface area contributed by atoms with Gasteiger partial charge in [0, 0.05) is 0 Å². The molecule has 1 rings (SSSR count). The Balaban J connectivity index is 2.76. The van der Waals surface area contributed by atoms with Crippen molar-refractivity contribution in [1.82, 2.24) is 0 Å². The molecular weight excluding hydrogens is 176 g/mol. The molecule has 0 bridgehead atoms. The Kier molecular flexibility index (Phi) is 3.73. The quantitative estimate of drug-likeness (QED) is 0.606. The molecule has 0 radical (unpaired) electrons. The summed E-state index contributed by atoms with van der Waals surface area (Å²) in [6, 6.07) is 0. The van der Waals surface area contributed by atoms with Crippen molar-refractivity contribution in [3.05, 3.63) is 0 Å². The third kappa shape index (κ3) is 2.43. The Labute approximate surface area is 87.9 Å². The average molecular weight is 200 g/mol. The molecule has 0 aromatic heterocycles. The molecule has 0 aliphatic carbocycles. The van der Waals surface area contributed by atoms with Crippen LogP contribution in [-0.4, -0.2) is 11.5 Å². The first-order chi connectivity index (χ1) is 6.02. The summed E-state index contributed by atoms with van der Waals surface area (Å²) in [5.41, 5.74) is 1.09. The zero-order chi connectivity index (χ0) is 9.95. The Hall–Kier alpha value is 0.350. The van der Waals surface area contributed by atoms with Gasteiger partial charge in [-0.15, -0.1) is 0 Å². The molecule has 1 atom stereocenters. The number of hydrogen-bond donors (Lipinski definition) is 0. The maximum Gasteiger partial charge on any atom is -0.000590 e. The molecule has 1 heterocycles. The van der Waals surface area contributed by atoms with Crippen molar-refractivity contribution in [2.45, 2.75) is 53.4 Å². The van der Waals surface area contributed by atoms with E-state index in [4.69, 9.17) is 0 Å². The van der Waals surface area contributed by atoms with Crippen molar-refractivity contribution in [3.8, 4) is 0 Å². The summed E-state index contributed by atoms with van der Waals surface area (Å²) in [7, 11) is 0. The topological polar surface area (TPSA) is 0 Å². The van der Waals surface area contributed by atoms with E-state index in [-0.39, 0.29) is 0 Å². The van der Waals surface area contributed by atoms with Crippen LogP contribution in [0.3, 0.4) is 0 Å². The average Bonchev–Trinajstić information content (AvgIpc) is 2.27. The van der Waals surface area contributed by atoms with Gasteiger partial charge in [-0.25, -0.2) is 0 Å². The van der Waals surface area contributed by atoms with Crippen molar-refractivity contribution in [1.29, 1.82) is 0 Å². The van der Waals surface area contributed by atoms with Crippen molar-refractivity contribution in [3.63, 3.8) is 0 Å². The van der Waals surface area contributed by atoms with Gasteiger partial charge in [-0.3, -0.25) is 0 Å². The molecule has 1 fully saturated rings. The lowest BCUT2D eigenvalue weighted by molar-refractivity contribution is 0.0958. The summed E-state index contributed by atoms with van der Waals surface area (Å²) < 4.78 is 0. The molecule has 0 spiro atoms. The van der Waals surface area contributed by atoms with E-state index in [0.29, 0.717) is 10.8 Å². The Morgan fingerprint density at radius 3 is 2.46 bits per heavy atom. The maximum atomic E-state index is 2.42. The first-order valence-corrected chi connectivity index (χ1v) is 6.75. The second kappa shape index (κ2) is 4.25. The fourth-order valence-corrected chi connectivity index (χ4v) is 4.13. The van der Waals surface area contributed by atoms with Gasteiger partial charge in [0.25, 0.3) is 0 Å². The van der Waals surface area contributed by atoms with Gasteiger partial charge < -0.3 is 0 Å². The van der Waals surface area contributed by atoms with E-state index in [1.165, 1.54) is 37.2 Å². The highest BCUT2D eigenvalue weighted by molar-refractivity contribution is 7.99. The van der Waals surface area contributed by atoms with Crippen molar-refractivity contribution in [2.24, 2.45) is 10.8 Å². The zero-order valence-corrected chi connectivity index (χ0v) is 10.5. The molecule has 0 saturated carbocycles. The van der Waals surface area contributed by atoms with Crippen molar-refractivity contribution < 1.29 is 0 Å². The molecule has 0 nitrogen and oxygen atoms in total. The predicted molar refractivity (Wildman–Crippen MR) is 63.4 cm³/mol. The van der Waals surface area contributed by atoms with Crippen LogP contribution in [0.4, 0.5) is 0 Å². The lowest BCUT2D eigenvalue weighted by Crippen LogP contribution is -2.37. The van der Waals surface area contributed by atoms with Crippen molar-refractivity contribution >= 4 is 11.8 Å². The Bertz CT molecular complexity index is 147. The third-order valence-electron chi connectivity index (χ3n) is 3.84. The molecular formula is C12H24S. The van der Waals surface area contributed by atoms with Crippen LogP contribution in [0.15, 0.2) is 0 Å². The molecule has 13 heavy (non-hydrogen) atoms. The second-order valence-electron chi connectivity index (χ2n) is 5.39. The van der Waals surface area contributed by atoms with E-state index in [2.05, 4.69) is 39.5 Å². The molecule has 1 saturated heterocycles. The molecule has 0 N–H and O–H groups in total. The highest BCUT2D eigenvalue weighted by atomic mass is 32.2. The maximum absolute atomic E-state index is 2.42. The van der Waals surface area contributed by atoms with Crippen LogP contribution in [0.5, 0.6) is 0 Å². The monoisotopic (exact) mass is 200 g/mol. The van der Waals surface area contributed by atoms with Gasteiger partial charge in [-0.05, 0) is 41.6 Å². The van der Waals surface area contributed by atoms with E-state index < -0.39 is 0 Å². The van der Waals surface area contributed by atoms with E-state index in [0.717, 1.165) is 0 Å². The summed E-state index contributed by atoms with van der Waals surface area (Å²) in [5.74, 6) is 2.77. The normalized spacial score (nSPS) is 31.4. The Morgan fingerprint density at radius 2 is 1.92 bits per heavy atom. The summed E-state index contributed by atoms with van der Waals surface area (Å²) in [4.78, 5) is 0. The predicted octanol–water partition coefficient (Wildman–Crippen LogP) is 4.35. The lowest BCUT2D eigenvalue weighted by atomic mass is 9.64. The molecule has 1 aliphatic rings. The second-order valence-corrected chi connectivity index (χ2v) is 6.50. The highest BCUT2D eigenvalue weighted by Gasteiger charge is 2.40.